The smallest absolute Gasteiger partial charge is 0.258 e. The van der Waals surface area contributed by atoms with E-state index in [-0.39, 0.29) is 57.0 Å². The first-order chi connectivity index (χ1) is 25.4. The van der Waals surface area contributed by atoms with Crippen LogP contribution in [0.1, 0.15) is 60.3 Å². The Labute approximate surface area is 310 Å². The number of fused-ring (bicyclic) bond motifs is 4. The van der Waals surface area contributed by atoms with Gasteiger partial charge >= 0.3 is 0 Å². The normalized spacial score (nSPS) is 21.6. The molecule has 1 fully saturated rings. The summed E-state index contributed by atoms with van der Waals surface area (Å²) < 4.78 is 12.9. The predicted molar refractivity (Wildman–Crippen MR) is 197 cm³/mol. The number of aromatic nitrogens is 2. The number of aryl methyl sites for hydroxylation is 2. The molecule has 0 radical (unpaired) electrons. The zero-order valence-corrected chi connectivity index (χ0v) is 31.2. The Morgan fingerprint density at radius 1 is 0.981 bits per heavy atom. The van der Waals surface area contributed by atoms with Gasteiger partial charge in [0.2, 0.25) is 17.7 Å². The summed E-state index contributed by atoms with van der Waals surface area (Å²) in [6.07, 6.45) is 2.26. The minimum atomic E-state index is -1.00. The lowest BCUT2D eigenvalue weighted by molar-refractivity contribution is -0.141. The van der Waals surface area contributed by atoms with Gasteiger partial charge in [-0.15, -0.1) is 0 Å². The summed E-state index contributed by atoms with van der Waals surface area (Å²) in [7, 11) is 1.50. The van der Waals surface area contributed by atoms with Crippen LogP contribution in [0, 0.1) is 12.8 Å². The lowest BCUT2D eigenvalue weighted by atomic mass is 9.93. The van der Waals surface area contributed by atoms with Gasteiger partial charge in [-0.3, -0.25) is 28.7 Å². The van der Waals surface area contributed by atoms with Gasteiger partial charge < -0.3 is 35.2 Å². The minimum absolute atomic E-state index is 0.0503. The molecule has 0 aliphatic carbocycles. The third kappa shape index (κ3) is 10.2. The molecule has 0 spiro atoms. The maximum atomic E-state index is 14.3. The van der Waals surface area contributed by atoms with Crippen molar-refractivity contribution in [2.75, 3.05) is 46.5 Å². The molecular weight excluding hydrogens is 678 g/mol. The Kier molecular flexibility index (Phi) is 13.2. The molecule has 53 heavy (non-hydrogen) atoms. The van der Waals surface area contributed by atoms with Gasteiger partial charge in [0, 0.05) is 51.8 Å². The molecule has 5 amide bonds. The first-order valence-corrected chi connectivity index (χ1v) is 18.2. The Bertz CT molecular complexity index is 1760. The number of hydrogen-bond acceptors (Lipinski definition) is 8. The highest BCUT2D eigenvalue weighted by Crippen LogP contribution is 2.31. The minimum Gasteiger partial charge on any atom is -0.484 e. The fraction of sp³-hybridized carbons (Fsp3) is 0.487. The molecule has 5 rings (SSSR count). The van der Waals surface area contributed by atoms with Crippen molar-refractivity contribution in [1.82, 2.24) is 35.5 Å². The van der Waals surface area contributed by atoms with Crippen LogP contribution in [0.4, 0.5) is 0 Å². The van der Waals surface area contributed by atoms with Crippen molar-refractivity contribution >= 4 is 29.5 Å². The standard InChI is InChI=1S/C39H51N7O7/c1-6-46-21-30(26(4)43-46)38(50)45-20-31-28-13-10-14-29(19-28)53-24-36(48)41-33(17-25(2)3)39(51)44(15-16-52-5)23-35(47)40-32(37(49)42-34(31)22-45)18-27-11-8-7-9-12-27/h7-14,19,21,25,31-34H,6,15-18,20,22-24H2,1-5H3,(H,40,47)(H,41,48)(H,42,49)/t31-,32-,33+,34+/m0/s1. The number of amides is 5. The topological polar surface area (TPSA) is 164 Å². The highest BCUT2D eigenvalue weighted by Gasteiger charge is 2.40. The van der Waals surface area contributed by atoms with Crippen LogP contribution in [0.15, 0.2) is 60.8 Å². The summed E-state index contributed by atoms with van der Waals surface area (Å²) in [5.74, 6) is -1.95. The fourth-order valence-electron chi connectivity index (χ4n) is 6.87. The molecule has 14 nitrogen and oxygen atoms in total. The van der Waals surface area contributed by atoms with Crippen LogP contribution in [0.2, 0.25) is 0 Å². The second-order valence-corrected chi connectivity index (χ2v) is 14.1. The van der Waals surface area contributed by atoms with E-state index in [1.165, 1.54) is 12.0 Å². The average molecular weight is 730 g/mol. The highest BCUT2D eigenvalue weighted by molar-refractivity contribution is 5.96. The van der Waals surface area contributed by atoms with E-state index >= 15 is 0 Å². The Balaban J connectivity index is 1.51. The summed E-state index contributed by atoms with van der Waals surface area (Å²) in [5, 5.41) is 13.3. The van der Waals surface area contributed by atoms with Crippen LogP contribution in [0.3, 0.4) is 0 Å². The van der Waals surface area contributed by atoms with Gasteiger partial charge in [0.05, 0.1) is 30.5 Å². The number of methoxy groups -OCH3 is 1. The van der Waals surface area contributed by atoms with E-state index in [1.807, 2.05) is 57.2 Å². The predicted octanol–water partition coefficient (Wildman–Crippen LogP) is 2.06. The monoisotopic (exact) mass is 729 g/mol. The van der Waals surface area contributed by atoms with Gasteiger partial charge in [0.15, 0.2) is 6.61 Å². The van der Waals surface area contributed by atoms with Gasteiger partial charge in [0.1, 0.15) is 17.8 Å². The van der Waals surface area contributed by atoms with E-state index in [2.05, 4.69) is 21.0 Å². The lowest BCUT2D eigenvalue weighted by Gasteiger charge is -2.29. The number of hydrogen-bond donors (Lipinski definition) is 3. The van der Waals surface area contributed by atoms with Crippen molar-refractivity contribution in [1.29, 1.82) is 0 Å². The average Bonchev–Trinajstić information content (AvgIpc) is 3.74. The Morgan fingerprint density at radius 3 is 2.43 bits per heavy atom. The largest absolute Gasteiger partial charge is 0.484 e. The maximum Gasteiger partial charge on any atom is 0.258 e. The van der Waals surface area contributed by atoms with Crippen molar-refractivity contribution in [3.05, 3.63) is 83.2 Å². The number of nitrogens with zero attached hydrogens (tertiary/aromatic N) is 4. The number of benzene rings is 2. The van der Waals surface area contributed by atoms with E-state index in [0.717, 1.165) is 11.1 Å². The van der Waals surface area contributed by atoms with Gasteiger partial charge in [-0.05, 0) is 49.4 Å². The number of likely N-dealkylation sites (tertiary alicyclic amines) is 1. The van der Waals surface area contributed by atoms with Crippen LogP contribution in [-0.4, -0.2) is 114 Å². The Hall–Kier alpha value is -5.24. The second-order valence-electron chi connectivity index (χ2n) is 14.1. The molecule has 2 aromatic carbocycles. The SMILES string of the molecule is CCn1cc(C(=O)N2C[C@H]3NC(=O)[C@H](Cc4ccccc4)NC(=O)CN(CCOC)C(=O)[C@@H](CC(C)C)NC(=O)COc4cccc(c4)[C@@H]3C2)c(C)n1. The van der Waals surface area contributed by atoms with Crippen molar-refractivity contribution in [3.63, 3.8) is 0 Å². The number of ether oxygens (including phenoxy) is 2. The van der Waals surface area contributed by atoms with Crippen molar-refractivity contribution < 1.29 is 33.4 Å². The van der Waals surface area contributed by atoms with E-state index in [9.17, 15) is 24.0 Å². The summed E-state index contributed by atoms with van der Waals surface area (Å²) in [6.45, 7) is 8.30. The van der Waals surface area contributed by atoms with Crippen molar-refractivity contribution in [2.24, 2.45) is 5.92 Å². The fourth-order valence-corrected chi connectivity index (χ4v) is 6.87. The summed E-state index contributed by atoms with van der Waals surface area (Å²) in [4.78, 5) is 72.1. The summed E-state index contributed by atoms with van der Waals surface area (Å²) in [6, 6.07) is 14.1. The van der Waals surface area contributed by atoms with Crippen molar-refractivity contribution in [2.45, 2.75) is 71.1 Å². The van der Waals surface area contributed by atoms with E-state index < -0.39 is 41.8 Å². The molecule has 2 aliphatic heterocycles. The molecule has 2 bridgehead atoms. The lowest BCUT2D eigenvalue weighted by Crippen LogP contribution is -2.56. The third-order valence-electron chi connectivity index (χ3n) is 9.58. The zero-order valence-electron chi connectivity index (χ0n) is 31.2. The molecular formula is C39H51N7O7. The zero-order chi connectivity index (χ0) is 38.1. The molecule has 1 saturated heterocycles. The molecule has 284 valence electrons. The molecule has 2 aliphatic rings. The van der Waals surface area contributed by atoms with E-state index in [4.69, 9.17) is 9.47 Å². The molecule has 3 aromatic rings. The van der Waals surface area contributed by atoms with Gasteiger partial charge in [-0.25, -0.2) is 0 Å². The van der Waals surface area contributed by atoms with Gasteiger partial charge in [-0.1, -0.05) is 56.3 Å². The van der Waals surface area contributed by atoms with Gasteiger partial charge in [-0.2, -0.15) is 5.10 Å². The van der Waals surface area contributed by atoms with Crippen LogP contribution < -0.4 is 20.7 Å². The highest BCUT2D eigenvalue weighted by atomic mass is 16.5. The first-order valence-electron chi connectivity index (χ1n) is 18.2. The number of rotatable bonds is 9. The molecule has 3 heterocycles. The number of nitrogens with one attached hydrogen (secondary N) is 3. The summed E-state index contributed by atoms with van der Waals surface area (Å²) in [5.41, 5.74) is 2.74. The molecule has 3 N–H and O–H groups in total. The summed E-state index contributed by atoms with van der Waals surface area (Å²) >= 11 is 0. The molecule has 0 unspecified atom stereocenters. The number of carbonyl (C=O) groups excluding carboxylic acids is 5. The quantitative estimate of drug-likeness (QED) is 0.302. The molecule has 14 heteroatoms. The van der Waals surface area contributed by atoms with Crippen LogP contribution in [-0.2, 0) is 36.9 Å². The van der Waals surface area contributed by atoms with Crippen LogP contribution >= 0.6 is 0 Å². The molecule has 4 atom stereocenters. The van der Waals surface area contributed by atoms with Crippen molar-refractivity contribution in [3.8, 4) is 5.75 Å². The van der Waals surface area contributed by atoms with Crippen LogP contribution in [0.5, 0.6) is 5.75 Å². The first kappa shape index (κ1) is 39.0. The molecule has 1 aromatic heterocycles. The maximum absolute atomic E-state index is 14.3. The molecule has 0 saturated carbocycles. The van der Waals surface area contributed by atoms with Crippen LogP contribution in [0.25, 0.3) is 0 Å². The second kappa shape index (κ2) is 18.0. The number of carbonyl (C=O) groups is 5. The van der Waals surface area contributed by atoms with E-state index in [0.29, 0.717) is 36.5 Å². The van der Waals surface area contributed by atoms with E-state index in [1.54, 1.807) is 40.9 Å². The van der Waals surface area contributed by atoms with Gasteiger partial charge in [0.25, 0.3) is 11.8 Å². The third-order valence-corrected chi connectivity index (χ3v) is 9.58. The Morgan fingerprint density at radius 2 is 1.74 bits per heavy atom.